The van der Waals surface area contributed by atoms with E-state index < -0.39 is 20.7 Å². The van der Waals surface area contributed by atoms with Crippen molar-refractivity contribution in [3.63, 3.8) is 0 Å². The number of allylic oxidation sites excluding steroid dienone is 1. The average Bonchev–Trinajstić information content (AvgIpc) is 2.28. The Morgan fingerprint density at radius 2 is 1.88 bits per heavy atom. The number of nitrogens with zero attached hydrogens (tertiary/aromatic N) is 1. The van der Waals surface area contributed by atoms with Crippen LogP contribution in [0.4, 0.5) is 0 Å². The predicted octanol–water partition coefficient (Wildman–Crippen LogP) is 1.36. The first kappa shape index (κ1) is 11.8. The molecule has 0 saturated heterocycles. The van der Waals surface area contributed by atoms with Crippen LogP contribution in [0.5, 0.6) is 0 Å². The van der Waals surface area contributed by atoms with E-state index in [-0.39, 0.29) is 17.2 Å². The van der Waals surface area contributed by atoms with Crippen LogP contribution in [0.3, 0.4) is 0 Å². The predicted molar refractivity (Wildman–Crippen MR) is 62.9 cm³/mol. The molecule has 1 aromatic rings. The molecule has 0 radical (unpaired) electrons. The Balaban J connectivity index is 2.46. The van der Waals surface area contributed by atoms with Crippen LogP contribution >= 0.6 is 0 Å². The molecule has 5 nitrogen and oxygen atoms in total. The first-order valence-electron chi connectivity index (χ1n) is 5.09. The molecule has 1 heterocycles. The standard InChI is InChI=1S/C11H11NO4S/c13-12(14)11-6-7-17(15,16)8-10(11)9-4-2-1-3-5-9/h1-6,10H,7-8H2. The Morgan fingerprint density at radius 1 is 1.24 bits per heavy atom. The third-order valence-corrected chi connectivity index (χ3v) is 4.25. The molecule has 0 spiro atoms. The minimum Gasteiger partial charge on any atom is -0.259 e. The van der Waals surface area contributed by atoms with Crippen molar-refractivity contribution in [2.75, 3.05) is 11.5 Å². The monoisotopic (exact) mass is 253 g/mol. The Labute approximate surface area is 98.8 Å². The molecule has 0 amide bonds. The molecule has 0 fully saturated rings. The van der Waals surface area contributed by atoms with Gasteiger partial charge in [0.1, 0.15) is 0 Å². The van der Waals surface area contributed by atoms with Crippen LogP contribution in [0.25, 0.3) is 0 Å². The van der Waals surface area contributed by atoms with E-state index in [0.29, 0.717) is 5.56 Å². The van der Waals surface area contributed by atoms with Crippen LogP contribution < -0.4 is 0 Å². The van der Waals surface area contributed by atoms with Gasteiger partial charge in [-0.15, -0.1) is 0 Å². The molecule has 0 N–H and O–H groups in total. The third kappa shape index (κ3) is 2.52. The second-order valence-electron chi connectivity index (χ2n) is 3.93. The zero-order valence-electron chi connectivity index (χ0n) is 8.94. The first-order chi connectivity index (χ1) is 7.99. The van der Waals surface area contributed by atoms with Crippen LogP contribution in [-0.4, -0.2) is 24.8 Å². The van der Waals surface area contributed by atoms with Crippen molar-refractivity contribution in [2.24, 2.45) is 0 Å². The lowest BCUT2D eigenvalue weighted by molar-refractivity contribution is -0.430. The summed E-state index contributed by atoms with van der Waals surface area (Å²) in [6, 6.07) is 8.70. The molecule has 2 rings (SSSR count). The van der Waals surface area contributed by atoms with Gasteiger partial charge in [0.2, 0.25) is 0 Å². The van der Waals surface area contributed by atoms with Crippen molar-refractivity contribution in [1.82, 2.24) is 0 Å². The summed E-state index contributed by atoms with van der Waals surface area (Å²) in [5.74, 6) is -1.10. The van der Waals surface area contributed by atoms with E-state index in [9.17, 15) is 18.5 Å². The molecule has 0 saturated carbocycles. The fraction of sp³-hybridized carbons (Fsp3) is 0.273. The van der Waals surface area contributed by atoms with Crippen molar-refractivity contribution < 1.29 is 13.3 Å². The van der Waals surface area contributed by atoms with Crippen molar-refractivity contribution in [3.8, 4) is 0 Å². The topological polar surface area (TPSA) is 77.3 Å². The lowest BCUT2D eigenvalue weighted by Crippen LogP contribution is -2.26. The largest absolute Gasteiger partial charge is 0.259 e. The zero-order chi connectivity index (χ0) is 12.5. The highest BCUT2D eigenvalue weighted by Gasteiger charge is 2.35. The Morgan fingerprint density at radius 3 is 2.47 bits per heavy atom. The molecule has 0 bridgehead atoms. The van der Waals surface area contributed by atoms with Crippen LogP contribution in [0, 0.1) is 10.1 Å². The summed E-state index contributed by atoms with van der Waals surface area (Å²) in [5, 5.41) is 10.9. The zero-order valence-corrected chi connectivity index (χ0v) is 9.76. The molecule has 1 unspecified atom stereocenters. The highest BCUT2D eigenvalue weighted by atomic mass is 32.2. The van der Waals surface area contributed by atoms with Crippen molar-refractivity contribution in [2.45, 2.75) is 5.92 Å². The number of sulfone groups is 1. The molecule has 6 heteroatoms. The maximum absolute atomic E-state index is 11.5. The lowest BCUT2D eigenvalue weighted by Gasteiger charge is -2.18. The maximum atomic E-state index is 11.5. The van der Waals surface area contributed by atoms with Gasteiger partial charge in [-0.2, -0.15) is 0 Å². The van der Waals surface area contributed by atoms with E-state index in [2.05, 4.69) is 0 Å². The number of benzene rings is 1. The highest BCUT2D eigenvalue weighted by molar-refractivity contribution is 7.91. The molecule has 1 atom stereocenters. The average molecular weight is 253 g/mol. The van der Waals surface area contributed by atoms with E-state index >= 15 is 0 Å². The summed E-state index contributed by atoms with van der Waals surface area (Å²) in [4.78, 5) is 10.4. The molecular weight excluding hydrogens is 242 g/mol. The number of rotatable bonds is 2. The van der Waals surface area contributed by atoms with E-state index in [0.717, 1.165) is 0 Å². The van der Waals surface area contributed by atoms with Crippen LogP contribution in [0.1, 0.15) is 11.5 Å². The SMILES string of the molecule is O=[N+]([O-])C1=CCS(=O)(=O)CC1c1ccccc1. The smallest absolute Gasteiger partial charge is 0.251 e. The second-order valence-corrected chi connectivity index (χ2v) is 6.08. The summed E-state index contributed by atoms with van der Waals surface area (Å²) < 4.78 is 23.1. The minimum absolute atomic E-state index is 0.0222. The Bertz CT molecular complexity index is 562. The Kier molecular flexibility index (Phi) is 2.97. The van der Waals surface area contributed by atoms with Crippen molar-refractivity contribution in [3.05, 3.63) is 57.8 Å². The van der Waals surface area contributed by atoms with Gasteiger partial charge >= 0.3 is 0 Å². The molecule has 17 heavy (non-hydrogen) atoms. The summed E-state index contributed by atoms with van der Waals surface area (Å²) in [5.41, 5.74) is 0.643. The molecule has 1 aliphatic rings. The summed E-state index contributed by atoms with van der Waals surface area (Å²) in [6.07, 6.45) is 1.20. The van der Waals surface area contributed by atoms with Gasteiger partial charge in [0.05, 0.1) is 22.3 Å². The number of hydrogen-bond acceptors (Lipinski definition) is 4. The normalized spacial score (nSPS) is 22.8. The van der Waals surface area contributed by atoms with Gasteiger partial charge in [-0.05, 0) is 5.56 Å². The summed E-state index contributed by atoms with van der Waals surface area (Å²) >= 11 is 0. The Hall–Kier alpha value is -1.69. The van der Waals surface area contributed by atoms with Crippen molar-refractivity contribution in [1.29, 1.82) is 0 Å². The molecule has 1 aliphatic heterocycles. The molecule has 1 aromatic carbocycles. The summed E-state index contributed by atoms with van der Waals surface area (Å²) in [6.45, 7) is 0. The van der Waals surface area contributed by atoms with Gasteiger partial charge in [0.25, 0.3) is 5.70 Å². The van der Waals surface area contributed by atoms with Gasteiger partial charge < -0.3 is 0 Å². The molecule has 0 aromatic heterocycles. The van der Waals surface area contributed by atoms with E-state index in [1.165, 1.54) is 6.08 Å². The van der Waals surface area contributed by atoms with Gasteiger partial charge in [0, 0.05) is 6.08 Å². The van der Waals surface area contributed by atoms with Crippen LogP contribution in [-0.2, 0) is 9.84 Å². The van der Waals surface area contributed by atoms with E-state index in [4.69, 9.17) is 0 Å². The van der Waals surface area contributed by atoms with E-state index in [1.54, 1.807) is 30.3 Å². The van der Waals surface area contributed by atoms with Gasteiger partial charge in [0.15, 0.2) is 9.84 Å². The third-order valence-electron chi connectivity index (χ3n) is 2.74. The number of nitro groups is 1. The quantitative estimate of drug-likeness (QED) is 0.589. The van der Waals surface area contributed by atoms with Gasteiger partial charge in [-0.25, -0.2) is 8.42 Å². The number of hydrogen-bond donors (Lipinski definition) is 0. The highest BCUT2D eigenvalue weighted by Crippen LogP contribution is 2.29. The van der Waals surface area contributed by atoms with Gasteiger partial charge in [-0.3, -0.25) is 10.1 Å². The van der Waals surface area contributed by atoms with Crippen LogP contribution in [0.2, 0.25) is 0 Å². The lowest BCUT2D eigenvalue weighted by atomic mass is 9.97. The van der Waals surface area contributed by atoms with Crippen molar-refractivity contribution >= 4 is 9.84 Å². The molecule has 90 valence electrons. The van der Waals surface area contributed by atoms with Gasteiger partial charge in [-0.1, -0.05) is 30.3 Å². The molecular formula is C11H11NO4S. The molecule has 0 aliphatic carbocycles. The van der Waals surface area contributed by atoms with Crippen LogP contribution in [0.15, 0.2) is 42.1 Å². The fourth-order valence-electron chi connectivity index (χ4n) is 1.92. The second kappa shape index (κ2) is 4.29. The summed E-state index contributed by atoms with van der Waals surface area (Å²) in [7, 11) is -3.23. The maximum Gasteiger partial charge on any atom is 0.251 e. The minimum atomic E-state index is -3.23. The fourth-order valence-corrected chi connectivity index (χ4v) is 3.35. The first-order valence-corrected chi connectivity index (χ1v) is 6.91. The van der Waals surface area contributed by atoms with E-state index in [1.807, 2.05) is 0 Å².